The Labute approximate surface area is 141 Å². The van der Waals surface area contributed by atoms with E-state index in [0.717, 1.165) is 29.9 Å². The average Bonchev–Trinajstić information content (AvgIpc) is 3.08. The Morgan fingerprint density at radius 3 is 2.83 bits per heavy atom. The number of rotatable bonds is 4. The lowest BCUT2D eigenvalue weighted by Gasteiger charge is -2.15. The summed E-state index contributed by atoms with van der Waals surface area (Å²) < 4.78 is 5.48. The molecule has 24 heavy (non-hydrogen) atoms. The Balaban J connectivity index is 1.62. The van der Waals surface area contributed by atoms with Crippen LogP contribution in [-0.2, 0) is 17.8 Å². The molecule has 1 heterocycles. The summed E-state index contributed by atoms with van der Waals surface area (Å²) in [5.41, 5.74) is 3.80. The van der Waals surface area contributed by atoms with Crippen LogP contribution in [0.4, 0.5) is 0 Å². The van der Waals surface area contributed by atoms with E-state index in [4.69, 9.17) is 10.00 Å². The summed E-state index contributed by atoms with van der Waals surface area (Å²) in [5, 5.41) is 8.80. The Kier molecular flexibility index (Phi) is 4.62. The van der Waals surface area contributed by atoms with Gasteiger partial charge in [-0.05, 0) is 47.0 Å². The highest BCUT2D eigenvalue weighted by Gasteiger charge is 2.11. The van der Waals surface area contributed by atoms with Crippen molar-refractivity contribution in [2.75, 3.05) is 13.7 Å². The molecule has 1 aliphatic heterocycles. The molecule has 3 rings (SSSR count). The van der Waals surface area contributed by atoms with E-state index < -0.39 is 0 Å². The van der Waals surface area contributed by atoms with Gasteiger partial charge < -0.3 is 9.64 Å². The monoisotopic (exact) mass is 318 g/mol. The molecular weight excluding hydrogens is 300 g/mol. The molecule has 2 aromatic rings. The van der Waals surface area contributed by atoms with Crippen molar-refractivity contribution >= 4 is 12.0 Å². The summed E-state index contributed by atoms with van der Waals surface area (Å²) in [7, 11) is 1.77. The minimum absolute atomic E-state index is 0.0592. The third kappa shape index (κ3) is 3.64. The van der Waals surface area contributed by atoms with Crippen LogP contribution in [0.1, 0.15) is 22.3 Å². The number of likely N-dealkylation sites (N-methyl/N-ethyl adjacent to an activating group) is 1. The smallest absolute Gasteiger partial charge is 0.246 e. The first-order chi connectivity index (χ1) is 11.7. The number of benzene rings is 2. The van der Waals surface area contributed by atoms with Gasteiger partial charge in [0.25, 0.3) is 0 Å². The van der Waals surface area contributed by atoms with E-state index >= 15 is 0 Å². The van der Waals surface area contributed by atoms with Crippen molar-refractivity contribution < 1.29 is 9.53 Å². The van der Waals surface area contributed by atoms with Gasteiger partial charge in [0.15, 0.2) is 0 Å². The third-order valence-electron chi connectivity index (χ3n) is 4.01. The number of carbonyl (C=O) groups excluding carboxylic acids is 1. The summed E-state index contributed by atoms with van der Waals surface area (Å²) in [5.74, 6) is 0.882. The zero-order valence-electron chi connectivity index (χ0n) is 13.5. The number of carbonyl (C=O) groups is 1. The third-order valence-corrected chi connectivity index (χ3v) is 4.01. The lowest BCUT2D eigenvalue weighted by atomic mass is 10.1. The molecule has 0 saturated heterocycles. The molecule has 0 saturated carbocycles. The molecule has 2 aromatic carbocycles. The van der Waals surface area contributed by atoms with Crippen LogP contribution < -0.4 is 4.74 Å². The molecule has 0 aliphatic carbocycles. The van der Waals surface area contributed by atoms with Crippen molar-refractivity contribution in [3.63, 3.8) is 0 Å². The van der Waals surface area contributed by atoms with Crippen LogP contribution in [0, 0.1) is 11.3 Å². The predicted molar refractivity (Wildman–Crippen MR) is 92.3 cm³/mol. The van der Waals surface area contributed by atoms with Gasteiger partial charge >= 0.3 is 0 Å². The standard InChI is InChI=1S/C20H18N2O2/c1-22(14-17-4-2-16(13-21)3-5-17)20(23)9-7-15-6-8-19-18(12-15)10-11-24-19/h2-9,12H,10-11,14H2,1H3/b9-7+. The molecule has 4 heteroatoms. The van der Waals surface area contributed by atoms with Crippen molar-refractivity contribution in [3.8, 4) is 11.8 Å². The fourth-order valence-corrected chi connectivity index (χ4v) is 2.64. The molecule has 0 atom stereocenters. The highest BCUT2D eigenvalue weighted by atomic mass is 16.5. The van der Waals surface area contributed by atoms with Crippen LogP contribution in [0.25, 0.3) is 6.08 Å². The molecule has 120 valence electrons. The number of amides is 1. The number of hydrogen-bond donors (Lipinski definition) is 0. The first-order valence-electron chi connectivity index (χ1n) is 7.83. The molecular formula is C20H18N2O2. The molecule has 0 N–H and O–H groups in total. The maximum Gasteiger partial charge on any atom is 0.246 e. The van der Waals surface area contributed by atoms with Crippen molar-refractivity contribution in [3.05, 3.63) is 70.8 Å². The fourth-order valence-electron chi connectivity index (χ4n) is 2.64. The van der Waals surface area contributed by atoms with E-state index in [9.17, 15) is 4.79 Å². The van der Waals surface area contributed by atoms with Crippen molar-refractivity contribution in [2.24, 2.45) is 0 Å². The molecule has 0 unspecified atom stereocenters. The Morgan fingerprint density at radius 2 is 2.08 bits per heavy atom. The number of fused-ring (bicyclic) bond motifs is 1. The Hall–Kier alpha value is -3.06. The molecule has 0 spiro atoms. The highest BCUT2D eigenvalue weighted by Crippen LogP contribution is 2.26. The van der Waals surface area contributed by atoms with Crippen LogP contribution in [0.3, 0.4) is 0 Å². The first-order valence-corrected chi connectivity index (χ1v) is 7.83. The average molecular weight is 318 g/mol. The van der Waals surface area contributed by atoms with E-state index in [1.165, 1.54) is 5.56 Å². The van der Waals surface area contributed by atoms with Gasteiger partial charge in [-0.25, -0.2) is 0 Å². The van der Waals surface area contributed by atoms with E-state index in [1.54, 1.807) is 30.2 Å². The fraction of sp³-hybridized carbons (Fsp3) is 0.200. The maximum atomic E-state index is 12.2. The van der Waals surface area contributed by atoms with Gasteiger partial charge in [0.2, 0.25) is 5.91 Å². The molecule has 4 nitrogen and oxygen atoms in total. The second-order valence-corrected chi connectivity index (χ2v) is 5.80. The van der Waals surface area contributed by atoms with Crippen LogP contribution in [0.15, 0.2) is 48.5 Å². The van der Waals surface area contributed by atoms with E-state index in [2.05, 4.69) is 12.1 Å². The quantitative estimate of drug-likeness (QED) is 0.814. The van der Waals surface area contributed by atoms with Gasteiger partial charge in [-0.1, -0.05) is 18.2 Å². The number of nitrogens with zero attached hydrogens (tertiary/aromatic N) is 2. The topological polar surface area (TPSA) is 53.3 Å². The van der Waals surface area contributed by atoms with E-state index in [0.29, 0.717) is 12.1 Å². The van der Waals surface area contributed by atoms with E-state index in [-0.39, 0.29) is 5.91 Å². The number of hydrogen-bond acceptors (Lipinski definition) is 3. The molecule has 0 fully saturated rings. The van der Waals surface area contributed by atoms with Gasteiger partial charge in [-0.3, -0.25) is 4.79 Å². The van der Waals surface area contributed by atoms with Crippen LogP contribution in [-0.4, -0.2) is 24.5 Å². The number of ether oxygens (including phenoxy) is 1. The number of nitriles is 1. The minimum Gasteiger partial charge on any atom is -0.493 e. The van der Waals surface area contributed by atoms with Crippen molar-refractivity contribution in [1.82, 2.24) is 4.90 Å². The van der Waals surface area contributed by atoms with Gasteiger partial charge in [-0.15, -0.1) is 0 Å². The van der Waals surface area contributed by atoms with Crippen molar-refractivity contribution in [1.29, 1.82) is 5.26 Å². The van der Waals surface area contributed by atoms with E-state index in [1.807, 2.05) is 30.3 Å². The summed E-state index contributed by atoms with van der Waals surface area (Å²) in [6.07, 6.45) is 4.33. The molecule has 1 aliphatic rings. The molecule has 1 amide bonds. The largest absolute Gasteiger partial charge is 0.493 e. The predicted octanol–water partition coefficient (Wildman–Crippen LogP) is 3.16. The second kappa shape index (κ2) is 7.01. The van der Waals surface area contributed by atoms with Gasteiger partial charge in [-0.2, -0.15) is 5.26 Å². The second-order valence-electron chi connectivity index (χ2n) is 5.80. The maximum absolute atomic E-state index is 12.2. The summed E-state index contributed by atoms with van der Waals surface area (Å²) in [6.45, 7) is 1.24. The van der Waals surface area contributed by atoms with Gasteiger partial charge in [0.05, 0.1) is 18.2 Å². The Bertz CT molecular complexity index is 817. The zero-order chi connectivity index (χ0) is 16.9. The lowest BCUT2D eigenvalue weighted by molar-refractivity contribution is -0.125. The van der Waals surface area contributed by atoms with Crippen LogP contribution >= 0.6 is 0 Å². The normalized spacial score (nSPS) is 12.5. The minimum atomic E-state index is -0.0592. The summed E-state index contributed by atoms with van der Waals surface area (Å²) in [4.78, 5) is 13.9. The van der Waals surface area contributed by atoms with Crippen molar-refractivity contribution in [2.45, 2.75) is 13.0 Å². The van der Waals surface area contributed by atoms with Crippen LogP contribution in [0.5, 0.6) is 5.75 Å². The molecule has 0 aromatic heterocycles. The van der Waals surface area contributed by atoms with Gasteiger partial charge in [0, 0.05) is 26.1 Å². The van der Waals surface area contributed by atoms with Gasteiger partial charge in [0.1, 0.15) is 5.75 Å². The Morgan fingerprint density at radius 1 is 1.29 bits per heavy atom. The molecule has 0 radical (unpaired) electrons. The van der Waals surface area contributed by atoms with Crippen LogP contribution in [0.2, 0.25) is 0 Å². The lowest BCUT2D eigenvalue weighted by Crippen LogP contribution is -2.24. The summed E-state index contributed by atoms with van der Waals surface area (Å²) >= 11 is 0. The first kappa shape index (κ1) is 15.8. The molecule has 0 bridgehead atoms. The zero-order valence-corrected chi connectivity index (χ0v) is 13.5. The summed E-state index contributed by atoms with van der Waals surface area (Å²) in [6, 6.07) is 15.3. The highest BCUT2D eigenvalue weighted by molar-refractivity contribution is 5.91. The SMILES string of the molecule is CN(Cc1ccc(C#N)cc1)C(=O)/C=C/c1ccc2c(c1)CCO2.